The standard InChI is InChI=1S/C15H18FN5O2/c1-10-9-21(5-6-22-10)15(17)18-8-13-19-14(20-23-13)11-3-2-4-12(16)7-11/h2-4,7,10H,5-6,8-9H2,1H3,(H2,17,18). The number of aromatic nitrogens is 2. The fraction of sp³-hybridized carbons (Fsp3) is 0.400. The molecule has 1 aliphatic rings. The van der Waals surface area contributed by atoms with Gasteiger partial charge in [0, 0.05) is 18.7 Å². The molecule has 3 rings (SSSR count). The maximum atomic E-state index is 13.2. The molecule has 2 N–H and O–H groups in total. The van der Waals surface area contributed by atoms with E-state index < -0.39 is 0 Å². The number of morpholine rings is 1. The number of rotatable bonds is 3. The molecule has 1 atom stereocenters. The second kappa shape index (κ2) is 6.74. The van der Waals surface area contributed by atoms with Gasteiger partial charge in [-0.15, -0.1) is 0 Å². The minimum atomic E-state index is -0.349. The average Bonchev–Trinajstić information content (AvgIpc) is 3.01. The maximum Gasteiger partial charge on any atom is 0.248 e. The minimum absolute atomic E-state index is 0.125. The molecule has 0 spiro atoms. The predicted octanol–water partition coefficient (Wildman–Crippen LogP) is 1.41. The van der Waals surface area contributed by atoms with E-state index in [1.165, 1.54) is 12.1 Å². The van der Waals surface area contributed by atoms with Gasteiger partial charge in [0.15, 0.2) is 5.96 Å². The van der Waals surface area contributed by atoms with E-state index >= 15 is 0 Å². The maximum absolute atomic E-state index is 13.2. The third kappa shape index (κ3) is 3.84. The Morgan fingerprint density at radius 2 is 2.39 bits per heavy atom. The molecule has 1 saturated heterocycles. The lowest BCUT2D eigenvalue weighted by molar-refractivity contribution is 0.00527. The Bertz CT molecular complexity index is 703. The molecule has 0 bridgehead atoms. The van der Waals surface area contributed by atoms with Gasteiger partial charge >= 0.3 is 0 Å². The fourth-order valence-electron chi connectivity index (χ4n) is 2.34. The zero-order chi connectivity index (χ0) is 16.2. The molecule has 0 saturated carbocycles. The summed E-state index contributed by atoms with van der Waals surface area (Å²) in [6.45, 7) is 4.20. The molecule has 1 aliphatic heterocycles. The van der Waals surface area contributed by atoms with Crippen molar-refractivity contribution in [1.29, 1.82) is 0 Å². The van der Waals surface area contributed by atoms with Gasteiger partial charge in [-0.25, -0.2) is 9.38 Å². The van der Waals surface area contributed by atoms with Gasteiger partial charge in [0.25, 0.3) is 0 Å². The van der Waals surface area contributed by atoms with Crippen molar-refractivity contribution < 1.29 is 13.7 Å². The quantitative estimate of drug-likeness (QED) is 0.679. The molecule has 0 aliphatic carbocycles. The molecular formula is C15H18FN5O2. The summed E-state index contributed by atoms with van der Waals surface area (Å²) < 4.78 is 23.8. The molecule has 23 heavy (non-hydrogen) atoms. The van der Waals surface area contributed by atoms with E-state index in [1.54, 1.807) is 12.1 Å². The van der Waals surface area contributed by atoms with Crippen molar-refractivity contribution in [3.8, 4) is 11.4 Å². The highest BCUT2D eigenvalue weighted by Gasteiger charge is 2.18. The summed E-state index contributed by atoms with van der Waals surface area (Å²) >= 11 is 0. The summed E-state index contributed by atoms with van der Waals surface area (Å²) in [5.41, 5.74) is 6.53. The van der Waals surface area contributed by atoms with E-state index in [4.69, 9.17) is 15.0 Å². The molecule has 1 aromatic heterocycles. The number of halogens is 1. The smallest absolute Gasteiger partial charge is 0.248 e. The molecule has 8 heteroatoms. The van der Waals surface area contributed by atoms with Gasteiger partial charge in [-0.1, -0.05) is 17.3 Å². The zero-order valence-corrected chi connectivity index (χ0v) is 12.8. The first-order chi connectivity index (χ1) is 11.1. The Morgan fingerprint density at radius 3 is 3.17 bits per heavy atom. The number of hydrogen-bond donors (Lipinski definition) is 1. The number of benzene rings is 1. The molecule has 1 unspecified atom stereocenters. The van der Waals surface area contributed by atoms with Gasteiger partial charge in [-0.2, -0.15) is 4.98 Å². The second-order valence-corrected chi connectivity index (χ2v) is 5.32. The molecule has 0 radical (unpaired) electrons. The summed E-state index contributed by atoms with van der Waals surface area (Å²) in [4.78, 5) is 10.4. The van der Waals surface area contributed by atoms with Gasteiger partial charge in [-0.3, -0.25) is 0 Å². The van der Waals surface area contributed by atoms with Gasteiger partial charge in [0.1, 0.15) is 12.4 Å². The van der Waals surface area contributed by atoms with Crippen molar-refractivity contribution in [2.75, 3.05) is 19.7 Å². The Kier molecular flexibility index (Phi) is 4.52. The number of ether oxygens (including phenoxy) is 1. The highest BCUT2D eigenvalue weighted by atomic mass is 19.1. The predicted molar refractivity (Wildman–Crippen MR) is 82.0 cm³/mol. The minimum Gasteiger partial charge on any atom is -0.375 e. The molecule has 122 valence electrons. The number of nitrogens with two attached hydrogens (primary N) is 1. The first kappa shape index (κ1) is 15.4. The van der Waals surface area contributed by atoms with Gasteiger partial charge < -0.3 is 19.9 Å². The van der Waals surface area contributed by atoms with Crippen LogP contribution in [-0.2, 0) is 11.3 Å². The Labute approximate surface area is 132 Å². The van der Waals surface area contributed by atoms with Crippen LogP contribution in [0.2, 0.25) is 0 Å². The van der Waals surface area contributed by atoms with E-state index in [9.17, 15) is 4.39 Å². The topological polar surface area (TPSA) is 89.8 Å². The van der Waals surface area contributed by atoms with Crippen LogP contribution in [0.3, 0.4) is 0 Å². The molecule has 7 nitrogen and oxygen atoms in total. The molecule has 0 amide bonds. The average molecular weight is 319 g/mol. The third-order valence-corrected chi connectivity index (χ3v) is 3.49. The summed E-state index contributed by atoms with van der Waals surface area (Å²) in [5.74, 6) is 0.727. The monoisotopic (exact) mass is 319 g/mol. The van der Waals surface area contributed by atoms with Gasteiger partial charge in [0.2, 0.25) is 11.7 Å². The Morgan fingerprint density at radius 1 is 1.52 bits per heavy atom. The molecule has 2 heterocycles. The van der Waals surface area contributed by atoms with Crippen molar-refractivity contribution in [2.45, 2.75) is 19.6 Å². The van der Waals surface area contributed by atoms with Crippen molar-refractivity contribution >= 4 is 5.96 Å². The lowest BCUT2D eigenvalue weighted by Gasteiger charge is -2.31. The van der Waals surface area contributed by atoms with Crippen LogP contribution in [0.1, 0.15) is 12.8 Å². The van der Waals surface area contributed by atoms with Crippen molar-refractivity contribution in [2.24, 2.45) is 10.7 Å². The summed E-state index contributed by atoms with van der Waals surface area (Å²) in [6.07, 6.45) is 0.125. The molecule has 1 fully saturated rings. The highest BCUT2D eigenvalue weighted by molar-refractivity contribution is 5.78. The van der Waals surface area contributed by atoms with Crippen LogP contribution in [0.5, 0.6) is 0 Å². The van der Waals surface area contributed by atoms with Crippen LogP contribution < -0.4 is 5.73 Å². The lowest BCUT2D eigenvalue weighted by atomic mass is 10.2. The Hall–Kier alpha value is -2.48. The van der Waals surface area contributed by atoms with Crippen LogP contribution in [0.25, 0.3) is 11.4 Å². The number of hydrogen-bond acceptors (Lipinski definition) is 5. The first-order valence-corrected chi connectivity index (χ1v) is 7.37. The van der Waals surface area contributed by atoms with Crippen LogP contribution in [0.15, 0.2) is 33.8 Å². The van der Waals surface area contributed by atoms with Crippen LogP contribution in [0, 0.1) is 5.82 Å². The summed E-state index contributed by atoms with van der Waals surface area (Å²) in [6, 6.07) is 6.01. The zero-order valence-electron chi connectivity index (χ0n) is 12.8. The van der Waals surface area contributed by atoms with E-state index in [2.05, 4.69) is 15.1 Å². The highest BCUT2D eigenvalue weighted by Crippen LogP contribution is 2.17. The molecular weight excluding hydrogens is 301 g/mol. The van der Waals surface area contributed by atoms with Gasteiger partial charge in [0.05, 0.1) is 12.7 Å². The second-order valence-electron chi connectivity index (χ2n) is 5.32. The van der Waals surface area contributed by atoms with E-state index in [1.807, 2.05) is 11.8 Å². The van der Waals surface area contributed by atoms with Crippen LogP contribution in [-0.4, -0.2) is 46.8 Å². The summed E-state index contributed by atoms with van der Waals surface area (Å²) in [7, 11) is 0. The fourth-order valence-corrected chi connectivity index (χ4v) is 2.34. The SMILES string of the molecule is CC1CN(C(N)=NCc2nc(-c3cccc(F)c3)no2)CCO1. The number of aliphatic imine (C=N–C) groups is 1. The van der Waals surface area contributed by atoms with Crippen molar-refractivity contribution in [3.63, 3.8) is 0 Å². The largest absolute Gasteiger partial charge is 0.375 e. The Balaban J connectivity index is 1.66. The third-order valence-electron chi connectivity index (χ3n) is 3.49. The van der Waals surface area contributed by atoms with Gasteiger partial charge in [-0.05, 0) is 19.1 Å². The number of nitrogens with zero attached hydrogens (tertiary/aromatic N) is 4. The van der Waals surface area contributed by atoms with E-state index in [0.29, 0.717) is 42.9 Å². The lowest BCUT2D eigenvalue weighted by Crippen LogP contribution is -2.47. The van der Waals surface area contributed by atoms with E-state index in [0.717, 1.165) is 0 Å². The summed E-state index contributed by atoms with van der Waals surface area (Å²) in [5, 5.41) is 3.83. The van der Waals surface area contributed by atoms with E-state index in [-0.39, 0.29) is 18.5 Å². The normalized spacial score (nSPS) is 19.1. The first-order valence-electron chi connectivity index (χ1n) is 7.37. The van der Waals surface area contributed by atoms with Crippen molar-refractivity contribution in [1.82, 2.24) is 15.0 Å². The number of guanidine groups is 1. The van der Waals surface area contributed by atoms with Crippen LogP contribution >= 0.6 is 0 Å². The molecule has 2 aromatic rings. The van der Waals surface area contributed by atoms with Crippen molar-refractivity contribution in [3.05, 3.63) is 36.0 Å². The molecule has 1 aromatic carbocycles. The van der Waals surface area contributed by atoms with Crippen LogP contribution in [0.4, 0.5) is 4.39 Å².